The fourth-order valence-corrected chi connectivity index (χ4v) is 2.01. The number of nitrogens with zero attached hydrogens (tertiary/aromatic N) is 1. The molecule has 4 nitrogen and oxygen atoms in total. The van der Waals surface area contributed by atoms with Crippen LogP contribution in [0.15, 0.2) is 54.6 Å². The Morgan fingerprint density at radius 1 is 1.15 bits per heavy atom. The minimum absolute atomic E-state index is 0.0543. The lowest BCUT2D eigenvalue weighted by Gasteiger charge is -2.22. The quantitative estimate of drug-likeness (QED) is 0.821. The number of hydrogen-bond acceptors (Lipinski definition) is 3. The minimum atomic E-state index is -0.0543. The van der Waals surface area contributed by atoms with Gasteiger partial charge in [0.1, 0.15) is 0 Å². The minimum Gasteiger partial charge on any atom is -0.399 e. The van der Waals surface area contributed by atoms with Crippen LogP contribution in [0.25, 0.3) is 0 Å². The number of para-hydroxylation sites is 1. The summed E-state index contributed by atoms with van der Waals surface area (Å²) in [6.45, 7) is 3.12. The summed E-state index contributed by atoms with van der Waals surface area (Å²) in [6.07, 6.45) is 0. The molecule has 0 aliphatic carbocycles. The molecule has 0 saturated carbocycles. The predicted molar refractivity (Wildman–Crippen MR) is 83.8 cm³/mol. The van der Waals surface area contributed by atoms with Gasteiger partial charge in [-0.15, -0.1) is 0 Å². The normalized spacial score (nSPS) is 10.1. The van der Waals surface area contributed by atoms with E-state index in [1.54, 1.807) is 12.1 Å². The zero-order chi connectivity index (χ0) is 14.4. The molecule has 0 bridgehead atoms. The molecule has 0 unspecified atom stereocenters. The van der Waals surface area contributed by atoms with Crippen LogP contribution in [0.1, 0.15) is 6.92 Å². The molecule has 0 aliphatic heterocycles. The van der Waals surface area contributed by atoms with E-state index in [0.717, 1.165) is 17.9 Å². The van der Waals surface area contributed by atoms with Gasteiger partial charge in [-0.25, -0.2) is 0 Å². The smallest absolute Gasteiger partial charge is 0.243 e. The summed E-state index contributed by atoms with van der Waals surface area (Å²) < 4.78 is 0. The summed E-state index contributed by atoms with van der Waals surface area (Å²) in [6, 6.07) is 17.1. The second-order valence-electron chi connectivity index (χ2n) is 4.52. The number of anilines is 3. The van der Waals surface area contributed by atoms with Gasteiger partial charge in [0.15, 0.2) is 0 Å². The van der Waals surface area contributed by atoms with Crippen molar-refractivity contribution in [3.05, 3.63) is 54.6 Å². The van der Waals surface area contributed by atoms with E-state index in [9.17, 15) is 4.79 Å². The number of likely N-dealkylation sites (N-methyl/N-ethyl adjacent to an activating group) is 1. The van der Waals surface area contributed by atoms with Crippen molar-refractivity contribution in [2.75, 3.05) is 29.0 Å². The van der Waals surface area contributed by atoms with Crippen LogP contribution in [0.2, 0.25) is 0 Å². The molecule has 2 aromatic rings. The fourth-order valence-electron chi connectivity index (χ4n) is 2.01. The second kappa shape index (κ2) is 6.61. The molecule has 0 saturated heterocycles. The molecule has 0 aliphatic rings. The highest BCUT2D eigenvalue weighted by Crippen LogP contribution is 2.14. The Bertz CT molecular complexity index is 569. The molecule has 1 amide bonds. The lowest BCUT2D eigenvalue weighted by Crippen LogP contribution is -2.33. The Hall–Kier alpha value is -2.49. The third kappa shape index (κ3) is 3.75. The number of benzene rings is 2. The monoisotopic (exact) mass is 269 g/mol. The molecule has 0 atom stereocenters. The Labute approximate surface area is 119 Å². The zero-order valence-electron chi connectivity index (χ0n) is 11.5. The number of rotatable bonds is 5. The molecule has 4 heteroatoms. The maximum atomic E-state index is 12.1. The van der Waals surface area contributed by atoms with Crippen LogP contribution < -0.4 is 16.0 Å². The van der Waals surface area contributed by atoms with Gasteiger partial charge in [0.05, 0.1) is 6.54 Å². The van der Waals surface area contributed by atoms with Crippen molar-refractivity contribution in [3.8, 4) is 0 Å². The van der Waals surface area contributed by atoms with Crippen molar-refractivity contribution in [2.45, 2.75) is 6.92 Å². The van der Waals surface area contributed by atoms with Gasteiger partial charge in [0.25, 0.3) is 0 Å². The van der Waals surface area contributed by atoms with Crippen molar-refractivity contribution >= 4 is 23.0 Å². The molecule has 104 valence electrons. The van der Waals surface area contributed by atoms with E-state index in [-0.39, 0.29) is 5.91 Å². The average Bonchev–Trinajstić information content (AvgIpc) is 2.45. The molecule has 0 heterocycles. The van der Waals surface area contributed by atoms with Crippen LogP contribution in [0, 0.1) is 0 Å². The maximum absolute atomic E-state index is 12.1. The van der Waals surface area contributed by atoms with Crippen LogP contribution in [-0.4, -0.2) is 19.0 Å². The van der Waals surface area contributed by atoms with E-state index in [0.29, 0.717) is 12.2 Å². The Morgan fingerprint density at radius 2 is 1.90 bits per heavy atom. The topological polar surface area (TPSA) is 58.4 Å². The van der Waals surface area contributed by atoms with Gasteiger partial charge in [-0.1, -0.05) is 24.3 Å². The van der Waals surface area contributed by atoms with E-state index >= 15 is 0 Å². The Kier molecular flexibility index (Phi) is 4.60. The van der Waals surface area contributed by atoms with Crippen LogP contribution >= 0.6 is 0 Å². The number of amides is 1. The first-order valence-corrected chi connectivity index (χ1v) is 6.64. The number of hydrogen-bond donors (Lipinski definition) is 2. The summed E-state index contributed by atoms with van der Waals surface area (Å²) in [5.41, 5.74) is 8.09. The summed E-state index contributed by atoms with van der Waals surface area (Å²) in [5, 5.41) is 2.86. The van der Waals surface area contributed by atoms with Crippen molar-refractivity contribution in [1.82, 2.24) is 0 Å². The van der Waals surface area contributed by atoms with Crippen molar-refractivity contribution < 1.29 is 4.79 Å². The summed E-state index contributed by atoms with van der Waals surface area (Å²) >= 11 is 0. The van der Waals surface area contributed by atoms with Crippen molar-refractivity contribution in [2.24, 2.45) is 0 Å². The van der Waals surface area contributed by atoms with Crippen molar-refractivity contribution in [1.29, 1.82) is 0 Å². The van der Waals surface area contributed by atoms with E-state index < -0.39 is 0 Å². The highest BCUT2D eigenvalue weighted by atomic mass is 16.2. The molecule has 0 radical (unpaired) electrons. The molecule has 2 rings (SSSR count). The number of carbonyl (C=O) groups is 1. The highest BCUT2D eigenvalue weighted by Gasteiger charge is 2.09. The van der Waals surface area contributed by atoms with Gasteiger partial charge in [0, 0.05) is 23.6 Å². The van der Waals surface area contributed by atoms with Crippen LogP contribution in [0.4, 0.5) is 17.1 Å². The van der Waals surface area contributed by atoms with Gasteiger partial charge < -0.3 is 16.0 Å². The highest BCUT2D eigenvalue weighted by molar-refractivity contribution is 5.94. The molecular weight excluding hydrogens is 250 g/mol. The standard InChI is InChI=1S/C16H19N3O/c1-2-19(15-9-4-3-5-10-15)12-16(20)18-14-8-6-7-13(17)11-14/h3-11H,2,12,17H2,1H3,(H,18,20). The van der Waals surface area contributed by atoms with Gasteiger partial charge >= 0.3 is 0 Å². The van der Waals surface area contributed by atoms with Crippen LogP contribution in [0.3, 0.4) is 0 Å². The maximum Gasteiger partial charge on any atom is 0.243 e. The zero-order valence-corrected chi connectivity index (χ0v) is 11.5. The van der Waals surface area contributed by atoms with E-state index in [1.165, 1.54) is 0 Å². The van der Waals surface area contributed by atoms with E-state index in [2.05, 4.69) is 5.32 Å². The third-order valence-corrected chi connectivity index (χ3v) is 3.01. The second-order valence-corrected chi connectivity index (χ2v) is 4.52. The molecule has 20 heavy (non-hydrogen) atoms. The first-order valence-electron chi connectivity index (χ1n) is 6.64. The van der Waals surface area contributed by atoms with Crippen molar-refractivity contribution in [3.63, 3.8) is 0 Å². The lowest BCUT2D eigenvalue weighted by molar-refractivity contribution is -0.115. The lowest BCUT2D eigenvalue weighted by atomic mass is 10.2. The average molecular weight is 269 g/mol. The largest absolute Gasteiger partial charge is 0.399 e. The molecule has 2 aromatic carbocycles. The number of nitrogens with two attached hydrogens (primary N) is 1. The number of carbonyl (C=O) groups excluding carboxylic acids is 1. The third-order valence-electron chi connectivity index (χ3n) is 3.01. The van der Waals surface area contributed by atoms with Gasteiger partial charge in [-0.3, -0.25) is 4.79 Å². The molecular formula is C16H19N3O. The Balaban J connectivity index is 2.00. The van der Waals surface area contributed by atoms with Gasteiger partial charge in [0.2, 0.25) is 5.91 Å². The summed E-state index contributed by atoms with van der Waals surface area (Å²) in [4.78, 5) is 14.1. The fraction of sp³-hybridized carbons (Fsp3) is 0.188. The van der Waals surface area contributed by atoms with Crippen LogP contribution in [0.5, 0.6) is 0 Å². The van der Waals surface area contributed by atoms with E-state index in [1.807, 2.05) is 54.3 Å². The summed E-state index contributed by atoms with van der Waals surface area (Å²) in [5.74, 6) is -0.0543. The summed E-state index contributed by atoms with van der Waals surface area (Å²) in [7, 11) is 0. The van der Waals surface area contributed by atoms with E-state index in [4.69, 9.17) is 5.73 Å². The molecule has 0 fully saturated rings. The molecule has 0 aromatic heterocycles. The Morgan fingerprint density at radius 3 is 2.55 bits per heavy atom. The first kappa shape index (κ1) is 13.9. The number of nitrogen functional groups attached to an aromatic ring is 1. The molecule has 0 spiro atoms. The predicted octanol–water partition coefficient (Wildman–Crippen LogP) is 2.73. The van der Waals surface area contributed by atoms with Gasteiger partial charge in [-0.2, -0.15) is 0 Å². The number of nitrogens with one attached hydrogen (secondary N) is 1. The van der Waals surface area contributed by atoms with Crippen LogP contribution in [-0.2, 0) is 4.79 Å². The molecule has 3 N–H and O–H groups in total. The SMILES string of the molecule is CCN(CC(=O)Nc1cccc(N)c1)c1ccccc1. The first-order chi connectivity index (χ1) is 9.69. The van der Waals surface area contributed by atoms with Gasteiger partial charge in [-0.05, 0) is 37.3 Å².